The van der Waals surface area contributed by atoms with Gasteiger partial charge in [-0.3, -0.25) is 4.79 Å². The first kappa shape index (κ1) is 23.1. The molecule has 1 aromatic carbocycles. The lowest BCUT2D eigenvalue weighted by Gasteiger charge is -2.21. The Morgan fingerprint density at radius 3 is 2.42 bits per heavy atom. The highest BCUT2D eigenvalue weighted by Crippen LogP contribution is 2.28. The van der Waals surface area contributed by atoms with Crippen LogP contribution in [-0.2, 0) is 11.3 Å². The van der Waals surface area contributed by atoms with Crippen molar-refractivity contribution in [2.24, 2.45) is 0 Å². The Kier molecular flexibility index (Phi) is 7.92. The third-order valence-corrected chi connectivity index (χ3v) is 6.22. The van der Waals surface area contributed by atoms with Crippen LogP contribution in [0.2, 0.25) is 5.02 Å². The zero-order chi connectivity index (χ0) is 22.4. The average molecular weight is 459 g/mol. The SMILES string of the molecule is CCN(CC)c1ccc(-c2nnc(SC(C)C(=O)Nc3ccc(Cl)cn3)n2CC)cc1. The molecule has 1 N–H and O–H groups in total. The molecule has 0 bridgehead atoms. The molecule has 0 spiro atoms. The summed E-state index contributed by atoms with van der Waals surface area (Å²) in [5.74, 6) is 1.10. The minimum atomic E-state index is -0.370. The van der Waals surface area contributed by atoms with E-state index in [1.807, 2.05) is 18.4 Å². The molecule has 164 valence electrons. The van der Waals surface area contributed by atoms with Gasteiger partial charge in [0.1, 0.15) is 5.82 Å². The van der Waals surface area contributed by atoms with Gasteiger partial charge in [-0.1, -0.05) is 23.4 Å². The Morgan fingerprint density at radius 2 is 1.84 bits per heavy atom. The van der Waals surface area contributed by atoms with Crippen molar-refractivity contribution in [3.05, 3.63) is 47.6 Å². The van der Waals surface area contributed by atoms with Crippen molar-refractivity contribution in [2.45, 2.75) is 44.6 Å². The quantitative estimate of drug-likeness (QED) is 0.456. The van der Waals surface area contributed by atoms with Crippen LogP contribution in [0.5, 0.6) is 0 Å². The number of amides is 1. The number of thioether (sulfide) groups is 1. The number of hydrogen-bond acceptors (Lipinski definition) is 6. The Morgan fingerprint density at radius 1 is 1.13 bits per heavy atom. The van der Waals surface area contributed by atoms with Gasteiger partial charge in [-0.05, 0) is 64.1 Å². The molecule has 2 aromatic heterocycles. The second kappa shape index (κ2) is 10.6. The summed E-state index contributed by atoms with van der Waals surface area (Å²) in [4.78, 5) is 19.0. The third-order valence-electron chi connectivity index (χ3n) is 4.92. The molecule has 0 aliphatic rings. The first-order valence-corrected chi connectivity index (χ1v) is 11.6. The zero-order valence-electron chi connectivity index (χ0n) is 18.2. The van der Waals surface area contributed by atoms with Crippen LogP contribution in [0, 0.1) is 0 Å². The molecule has 1 amide bonds. The molecule has 0 radical (unpaired) electrons. The number of halogens is 1. The summed E-state index contributed by atoms with van der Waals surface area (Å²) in [6, 6.07) is 11.7. The van der Waals surface area contributed by atoms with Gasteiger partial charge in [0.2, 0.25) is 5.91 Å². The van der Waals surface area contributed by atoms with Gasteiger partial charge in [0.15, 0.2) is 11.0 Å². The summed E-state index contributed by atoms with van der Waals surface area (Å²) < 4.78 is 2.03. The molecule has 0 aliphatic heterocycles. The van der Waals surface area contributed by atoms with E-state index in [2.05, 4.69) is 63.5 Å². The number of nitrogens with one attached hydrogen (secondary N) is 1. The van der Waals surface area contributed by atoms with Crippen LogP contribution in [0.1, 0.15) is 27.7 Å². The molecular weight excluding hydrogens is 432 g/mol. The molecule has 0 saturated carbocycles. The van der Waals surface area contributed by atoms with E-state index in [-0.39, 0.29) is 11.2 Å². The molecule has 0 saturated heterocycles. The fourth-order valence-corrected chi connectivity index (χ4v) is 4.20. The smallest absolute Gasteiger partial charge is 0.238 e. The molecule has 0 fully saturated rings. The largest absolute Gasteiger partial charge is 0.372 e. The zero-order valence-corrected chi connectivity index (χ0v) is 19.7. The van der Waals surface area contributed by atoms with E-state index < -0.39 is 0 Å². The Balaban J connectivity index is 1.73. The Labute approximate surface area is 192 Å². The van der Waals surface area contributed by atoms with Crippen molar-refractivity contribution in [1.29, 1.82) is 0 Å². The highest BCUT2D eigenvalue weighted by Gasteiger charge is 2.21. The Bertz CT molecular complexity index is 1000. The second-order valence-electron chi connectivity index (χ2n) is 6.88. The summed E-state index contributed by atoms with van der Waals surface area (Å²) >= 11 is 7.21. The monoisotopic (exact) mass is 458 g/mol. The average Bonchev–Trinajstić information content (AvgIpc) is 3.19. The number of nitrogens with zero attached hydrogens (tertiary/aromatic N) is 5. The van der Waals surface area contributed by atoms with Crippen LogP contribution in [0.4, 0.5) is 11.5 Å². The lowest BCUT2D eigenvalue weighted by molar-refractivity contribution is -0.115. The van der Waals surface area contributed by atoms with Crippen LogP contribution >= 0.6 is 23.4 Å². The number of benzene rings is 1. The third kappa shape index (κ3) is 5.57. The molecule has 31 heavy (non-hydrogen) atoms. The molecule has 0 aliphatic carbocycles. The highest BCUT2D eigenvalue weighted by atomic mass is 35.5. The lowest BCUT2D eigenvalue weighted by Crippen LogP contribution is -2.23. The molecule has 2 heterocycles. The van der Waals surface area contributed by atoms with E-state index in [0.717, 1.165) is 24.5 Å². The minimum absolute atomic E-state index is 0.157. The second-order valence-corrected chi connectivity index (χ2v) is 8.62. The number of carbonyl (C=O) groups excluding carboxylic acids is 1. The molecular formula is C22H27ClN6OS. The normalized spacial score (nSPS) is 11.9. The standard InChI is InChI=1S/C22H27ClN6OS/c1-5-28(6-2)18-11-8-16(9-12-18)20-26-27-22(29(20)7-3)31-15(4)21(30)25-19-13-10-17(23)14-24-19/h8-15H,5-7H2,1-4H3,(H,24,25,30). The molecule has 1 unspecified atom stereocenters. The first-order chi connectivity index (χ1) is 15.0. The van der Waals surface area contributed by atoms with Gasteiger partial charge >= 0.3 is 0 Å². The summed E-state index contributed by atoms with van der Waals surface area (Å²) in [5.41, 5.74) is 2.19. The van der Waals surface area contributed by atoms with E-state index in [1.54, 1.807) is 12.1 Å². The number of carbonyl (C=O) groups is 1. The molecule has 1 atom stereocenters. The van der Waals surface area contributed by atoms with Gasteiger partial charge < -0.3 is 14.8 Å². The van der Waals surface area contributed by atoms with Crippen LogP contribution in [-0.4, -0.2) is 44.0 Å². The van der Waals surface area contributed by atoms with Gasteiger partial charge in [0.05, 0.1) is 10.3 Å². The van der Waals surface area contributed by atoms with Gasteiger partial charge in [-0.15, -0.1) is 10.2 Å². The summed E-state index contributed by atoms with van der Waals surface area (Å²) in [6.07, 6.45) is 1.50. The molecule has 9 heteroatoms. The van der Waals surface area contributed by atoms with Gasteiger partial charge in [0.25, 0.3) is 0 Å². The summed E-state index contributed by atoms with van der Waals surface area (Å²) in [6.45, 7) is 10.8. The number of hydrogen-bond donors (Lipinski definition) is 1. The van der Waals surface area contributed by atoms with Gasteiger partial charge in [0, 0.05) is 37.1 Å². The van der Waals surface area contributed by atoms with E-state index in [9.17, 15) is 4.79 Å². The topological polar surface area (TPSA) is 75.9 Å². The predicted molar refractivity (Wildman–Crippen MR) is 128 cm³/mol. The maximum atomic E-state index is 12.6. The molecule has 3 rings (SSSR count). The van der Waals surface area contributed by atoms with E-state index >= 15 is 0 Å². The summed E-state index contributed by atoms with van der Waals surface area (Å²) in [5, 5.41) is 12.4. The molecule has 7 nitrogen and oxygen atoms in total. The van der Waals surface area contributed by atoms with Crippen molar-refractivity contribution >= 4 is 40.8 Å². The first-order valence-electron chi connectivity index (χ1n) is 10.3. The fourth-order valence-electron chi connectivity index (χ4n) is 3.17. The van der Waals surface area contributed by atoms with Gasteiger partial charge in [-0.25, -0.2) is 4.98 Å². The van der Waals surface area contributed by atoms with Gasteiger partial charge in [-0.2, -0.15) is 0 Å². The fraction of sp³-hybridized carbons (Fsp3) is 0.364. The van der Waals surface area contributed by atoms with Crippen molar-refractivity contribution < 1.29 is 4.79 Å². The number of pyridine rings is 1. The maximum absolute atomic E-state index is 12.6. The van der Waals surface area contributed by atoms with Crippen LogP contribution < -0.4 is 10.2 Å². The van der Waals surface area contributed by atoms with Crippen molar-refractivity contribution in [1.82, 2.24) is 19.7 Å². The lowest BCUT2D eigenvalue weighted by atomic mass is 10.2. The Hall–Kier alpha value is -2.58. The minimum Gasteiger partial charge on any atom is -0.372 e. The number of anilines is 2. The van der Waals surface area contributed by atoms with Crippen LogP contribution in [0.25, 0.3) is 11.4 Å². The van der Waals surface area contributed by atoms with E-state index in [4.69, 9.17) is 11.6 Å². The van der Waals surface area contributed by atoms with Crippen LogP contribution in [0.15, 0.2) is 47.8 Å². The van der Waals surface area contributed by atoms with Crippen molar-refractivity contribution in [3.8, 4) is 11.4 Å². The van der Waals surface area contributed by atoms with E-state index in [1.165, 1.54) is 23.6 Å². The predicted octanol–water partition coefficient (Wildman–Crippen LogP) is 4.98. The summed E-state index contributed by atoms with van der Waals surface area (Å²) in [7, 11) is 0. The highest BCUT2D eigenvalue weighted by molar-refractivity contribution is 8.00. The number of rotatable bonds is 9. The maximum Gasteiger partial charge on any atom is 0.238 e. The molecule has 3 aromatic rings. The van der Waals surface area contributed by atoms with E-state index in [0.29, 0.717) is 22.5 Å². The van der Waals surface area contributed by atoms with Crippen molar-refractivity contribution in [3.63, 3.8) is 0 Å². The van der Waals surface area contributed by atoms with Crippen molar-refractivity contribution in [2.75, 3.05) is 23.3 Å². The number of aromatic nitrogens is 4. The van der Waals surface area contributed by atoms with Crippen LogP contribution in [0.3, 0.4) is 0 Å².